The topological polar surface area (TPSA) is 17.1 Å². The first-order chi connectivity index (χ1) is 4.66. The maximum absolute atomic E-state index is 10.4. The highest BCUT2D eigenvalue weighted by atomic mass is 79.9. The zero-order chi connectivity index (χ0) is 7.72. The molecular formula is C7H7BrOS. The molecule has 0 amide bonds. The molecule has 10 heavy (non-hydrogen) atoms. The third-order valence-electron chi connectivity index (χ3n) is 1.53. The van der Waals surface area contributed by atoms with Crippen LogP contribution in [0.25, 0.3) is 0 Å². The monoisotopic (exact) mass is 218 g/mol. The summed E-state index contributed by atoms with van der Waals surface area (Å²) in [6, 6.07) is 0. The zero-order valence-electron chi connectivity index (χ0n) is 5.77. The van der Waals surface area contributed by atoms with Crippen LogP contribution in [-0.4, -0.2) is 6.29 Å². The number of halogens is 1. The van der Waals surface area contributed by atoms with E-state index in [0.717, 1.165) is 20.5 Å². The molecule has 1 nitrogen and oxygen atoms in total. The Kier molecular flexibility index (Phi) is 2.26. The summed E-state index contributed by atoms with van der Waals surface area (Å²) in [5.41, 5.74) is 2.26. The average Bonchev–Trinajstić information content (AvgIpc) is 2.17. The van der Waals surface area contributed by atoms with Crippen molar-refractivity contribution in [3.63, 3.8) is 0 Å². The summed E-state index contributed by atoms with van der Waals surface area (Å²) in [4.78, 5) is 11.2. The molecule has 0 N–H and O–H groups in total. The van der Waals surface area contributed by atoms with E-state index in [1.807, 2.05) is 13.8 Å². The fraction of sp³-hybridized carbons (Fsp3) is 0.286. The third kappa shape index (κ3) is 1.16. The number of hydrogen-bond acceptors (Lipinski definition) is 2. The normalized spacial score (nSPS) is 9.90. The molecule has 54 valence electrons. The van der Waals surface area contributed by atoms with Crippen LogP contribution in [0.15, 0.2) is 3.79 Å². The summed E-state index contributed by atoms with van der Waals surface area (Å²) in [7, 11) is 0. The zero-order valence-corrected chi connectivity index (χ0v) is 8.17. The van der Waals surface area contributed by atoms with Crippen molar-refractivity contribution in [2.75, 3.05) is 0 Å². The summed E-state index contributed by atoms with van der Waals surface area (Å²) in [5, 5.41) is 0. The van der Waals surface area contributed by atoms with Crippen molar-refractivity contribution in [2.24, 2.45) is 0 Å². The molecular weight excluding hydrogens is 212 g/mol. The number of hydrogen-bond donors (Lipinski definition) is 0. The molecule has 0 saturated heterocycles. The maximum Gasteiger partial charge on any atom is 0.160 e. The van der Waals surface area contributed by atoms with Crippen LogP contribution in [0.2, 0.25) is 0 Å². The molecule has 0 aliphatic heterocycles. The van der Waals surface area contributed by atoms with Gasteiger partial charge in [-0.2, -0.15) is 0 Å². The van der Waals surface area contributed by atoms with Gasteiger partial charge in [-0.15, -0.1) is 11.3 Å². The highest BCUT2D eigenvalue weighted by Gasteiger charge is 2.07. The van der Waals surface area contributed by atoms with E-state index in [0.29, 0.717) is 0 Å². The molecule has 0 saturated carbocycles. The van der Waals surface area contributed by atoms with Crippen molar-refractivity contribution < 1.29 is 4.79 Å². The van der Waals surface area contributed by atoms with Gasteiger partial charge in [-0.1, -0.05) is 0 Å². The van der Waals surface area contributed by atoms with Crippen LogP contribution in [0.5, 0.6) is 0 Å². The minimum atomic E-state index is 0.823. The summed E-state index contributed by atoms with van der Waals surface area (Å²) in [6.45, 7) is 3.96. The molecule has 0 radical (unpaired) electrons. The Labute approximate surface area is 72.2 Å². The molecule has 0 unspecified atom stereocenters. The van der Waals surface area contributed by atoms with Gasteiger partial charge in [0.15, 0.2) is 6.29 Å². The van der Waals surface area contributed by atoms with E-state index in [1.54, 1.807) is 0 Å². The van der Waals surface area contributed by atoms with Gasteiger partial charge in [0.05, 0.1) is 8.66 Å². The Balaban J connectivity index is 3.30. The number of carbonyl (C=O) groups is 1. The van der Waals surface area contributed by atoms with Gasteiger partial charge >= 0.3 is 0 Å². The van der Waals surface area contributed by atoms with Gasteiger partial charge in [0.1, 0.15) is 0 Å². The van der Waals surface area contributed by atoms with Crippen LogP contribution in [0, 0.1) is 13.8 Å². The van der Waals surface area contributed by atoms with E-state index >= 15 is 0 Å². The van der Waals surface area contributed by atoms with Crippen molar-refractivity contribution in [1.82, 2.24) is 0 Å². The molecule has 0 aromatic carbocycles. The molecule has 3 heteroatoms. The number of carbonyl (C=O) groups excluding carboxylic acids is 1. The van der Waals surface area contributed by atoms with Gasteiger partial charge in [0, 0.05) is 0 Å². The molecule has 1 rings (SSSR count). The van der Waals surface area contributed by atoms with Crippen LogP contribution < -0.4 is 0 Å². The van der Waals surface area contributed by atoms with Gasteiger partial charge in [0.2, 0.25) is 0 Å². The first-order valence-corrected chi connectivity index (χ1v) is 4.48. The second kappa shape index (κ2) is 2.84. The lowest BCUT2D eigenvalue weighted by Crippen LogP contribution is -1.77. The van der Waals surface area contributed by atoms with Crippen LogP contribution in [0.3, 0.4) is 0 Å². The second-order valence-corrected chi connectivity index (χ2v) is 4.48. The minimum absolute atomic E-state index is 0.823. The van der Waals surface area contributed by atoms with Crippen molar-refractivity contribution in [2.45, 2.75) is 13.8 Å². The van der Waals surface area contributed by atoms with Crippen molar-refractivity contribution in [3.05, 3.63) is 19.8 Å². The molecule has 1 heterocycles. The second-order valence-electron chi connectivity index (χ2n) is 2.11. The van der Waals surface area contributed by atoms with E-state index in [4.69, 9.17) is 0 Å². The van der Waals surface area contributed by atoms with Crippen LogP contribution in [0.4, 0.5) is 0 Å². The lowest BCUT2D eigenvalue weighted by Gasteiger charge is -1.87. The van der Waals surface area contributed by atoms with E-state index in [2.05, 4.69) is 15.9 Å². The maximum atomic E-state index is 10.4. The summed E-state index contributed by atoms with van der Waals surface area (Å²) < 4.78 is 1.06. The fourth-order valence-corrected chi connectivity index (χ4v) is 2.37. The van der Waals surface area contributed by atoms with Crippen LogP contribution in [-0.2, 0) is 0 Å². The van der Waals surface area contributed by atoms with E-state index in [-0.39, 0.29) is 0 Å². The highest BCUT2D eigenvalue weighted by Crippen LogP contribution is 2.30. The Bertz CT molecular complexity index is 265. The standard InChI is InChI=1S/C7H7BrOS/c1-4-5(2)7(8)10-6(4)3-9/h3H,1-2H3. The molecule has 0 fully saturated rings. The van der Waals surface area contributed by atoms with Gasteiger partial charge in [-0.05, 0) is 40.9 Å². The minimum Gasteiger partial charge on any atom is -0.297 e. The summed E-state index contributed by atoms with van der Waals surface area (Å²) >= 11 is 4.86. The molecule has 0 spiro atoms. The Morgan fingerprint density at radius 2 is 2.00 bits per heavy atom. The SMILES string of the molecule is Cc1c(Br)sc(C=O)c1C. The lowest BCUT2D eigenvalue weighted by atomic mass is 10.2. The van der Waals surface area contributed by atoms with Crippen LogP contribution in [0.1, 0.15) is 20.8 Å². The van der Waals surface area contributed by atoms with Gasteiger partial charge in [0.25, 0.3) is 0 Å². The van der Waals surface area contributed by atoms with Gasteiger partial charge in [-0.25, -0.2) is 0 Å². The first-order valence-electron chi connectivity index (χ1n) is 2.87. The molecule has 0 atom stereocenters. The predicted molar refractivity (Wildman–Crippen MR) is 46.9 cm³/mol. The lowest BCUT2D eigenvalue weighted by molar-refractivity contribution is 0.112. The Hall–Kier alpha value is -0.150. The van der Waals surface area contributed by atoms with Gasteiger partial charge < -0.3 is 0 Å². The Morgan fingerprint density at radius 1 is 1.40 bits per heavy atom. The molecule has 0 aliphatic rings. The Morgan fingerprint density at radius 3 is 2.20 bits per heavy atom. The van der Waals surface area contributed by atoms with Crippen molar-refractivity contribution >= 4 is 33.6 Å². The number of aldehydes is 1. The van der Waals surface area contributed by atoms with E-state index in [1.165, 1.54) is 16.9 Å². The first kappa shape index (κ1) is 7.95. The molecule has 0 aliphatic carbocycles. The molecule has 1 aromatic heterocycles. The fourth-order valence-electron chi connectivity index (χ4n) is 0.694. The predicted octanol–water partition coefficient (Wildman–Crippen LogP) is 2.94. The van der Waals surface area contributed by atoms with E-state index < -0.39 is 0 Å². The number of rotatable bonds is 1. The quantitative estimate of drug-likeness (QED) is 0.663. The molecule has 1 aromatic rings. The van der Waals surface area contributed by atoms with Gasteiger partial charge in [-0.3, -0.25) is 4.79 Å². The average molecular weight is 219 g/mol. The van der Waals surface area contributed by atoms with Crippen LogP contribution >= 0.6 is 27.3 Å². The summed E-state index contributed by atoms with van der Waals surface area (Å²) in [6.07, 6.45) is 0.901. The summed E-state index contributed by atoms with van der Waals surface area (Å²) in [5.74, 6) is 0. The molecule has 0 bridgehead atoms. The van der Waals surface area contributed by atoms with Crippen molar-refractivity contribution in [3.8, 4) is 0 Å². The van der Waals surface area contributed by atoms with E-state index in [9.17, 15) is 4.79 Å². The smallest absolute Gasteiger partial charge is 0.160 e. The number of thiophene rings is 1. The third-order valence-corrected chi connectivity index (χ3v) is 3.72. The highest BCUT2D eigenvalue weighted by molar-refractivity contribution is 9.11. The van der Waals surface area contributed by atoms with Crippen molar-refractivity contribution in [1.29, 1.82) is 0 Å². The largest absolute Gasteiger partial charge is 0.297 e.